The van der Waals surface area contributed by atoms with Crippen molar-refractivity contribution in [3.8, 4) is 22.6 Å². The van der Waals surface area contributed by atoms with Gasteiger partial charge in [-0.15, -0.1) is 0 Å². The summed E-state index contributed by atoms with van der Waals surface area (Å²) in [5.41, 5.74) is 2.23. The molecule has 1 atom stereocenters. The Hall–Kier alpha value is -3.55. The predicted molar refractivity (Wildman–Crippen MR) is 129 cm³/mol. The molecular weight excluding hydrogens is 436 g/mol. The minimum atomic E-state index is -1.08. The molecule has 2 aromatic carbocycles. The quantitative estimate of drug-likeness (QED) is 0.402. The normalized spacial score (nSPS) is 15.9. The topological polar surface area (TPSA) is 106 Å². The number of methoxy groups -OCH3 is 2. The zero-order valence-corrected chi connectivity index (χ0v) is 20.1. The van der Waals surface area contributed by atoms with Crippen molar-refractivity contribution in [2.45, 2.75) is 45.1 Å². The van der Waals surface area contributed by atoms with Crippen LogP contribution in [0.4, 0.5) is 0 Å². The van der Waals surface area contributed by atoms with Gasteiger partial charge in [-0.05, 0) is 43.0 Å². The summed E-state index contributed by atoms with van der Waals surface area (Å²) in [5, 5.41) is 16.6. The van der Waals surface area contributed by atoms with Crippen LogP contribution in [0.15, 0.2) is 47.6 Å². The summed E-state index contributed by atoms with van der Waals surface area (Å²) in [7, 11) is 4.64. The summed E-state index contributed by atoms with van der Waals surface area (Å²) in [6.07, 6.45) is 3.17. The number of carbonyl (C=O) groups excluding carboxylic acids is 1. The van der Waals surface area contributed by atoms with Crippen LogP contribution in [0.1, 0.15) is 38.2 Å². The van der Waals surface area contributed by atoms with Crippen molar-refractivity contribution in [3.05, 3.63) is 48.0 Å². The third-order valence-corrected chi connectivity index (χ3v) is 6.53. The maximum absolute atomic E-state index is 13.2. The number of carboxylic acids is 1. The van der Waals surface area contributed by atoms with Crippen LogP contribution in [0.25, 0.3) is 11.1 Å². The van der Waals surface area contributed by atoms with Crippen LogP contribution in [0.5, 0.6) is 11.5 Å². The van der Waals surface area contributed by atoms with E-state index in [1.165, 1.54) is 7.11 Å². The Morgan fingerprint density at radius 3 is 2.12 bits per heavy atom. The highest BCUT2D eigenvalue weighted by Gasteiger charge is 2.45. The molecule has 2 N–H and O–H groups in total. The first kappa shape index (κ1) is 25.1. The molecule has 1 aliphatic rings. The van der Waals surface area contributed by atoms with E-state index >= 15 is 0 Å². The van der Waals surface area contributed by atoms with Crippen LogP contribution in [0, 0.1) is 5.41 Å². The lowest BCUT2D eigenvalue weighted by Crippen LogP contribution is -2.51. The number of oxime groups is 1. The smallest absolute Gasteiger partial charge is 0.326 e. The Bertz CT molecular complexity index is 1020. The summed E-state index contributed by atoms with van der Waals surface area (Å²) in [6.45, 7) is 1.76. The van der Waals surface area contributed by atoms with Crippen molar-refractivity contribution in [1.82, 2.24) is 5.32 Å². The van der Waals surface area contributed by atoms with Crippen molar-refractivity contribution < 1.29 is 29.0 Å². The Morgan fingerprint density at radius 2 is 1.62 bits per heavy atom. The average molecular weight is 469 g/mol. The molecular formula is C26H32N2O6. The lowest BCUT2D eigenvalue weighted by atomic mass is 9.80. The van der Waals surface area contributed by atoms with Crippen LogP contribution >= 0.6 is 0 Å². The van der Waals surface area contributed by atoms with E-state index in [1.54, 1.807) is 21.1 Å². The van der Waals surface area contributed by atoms with Gasteiger partial charge in [0.2, 0.25) is 5.91 Å². The monoisotopic (exact) mass is 468 g/mol. The van der Waals surface area contributed by atoms with Crippen LogP contribution in [-0.4, -0.2) is 50.1 Å². The van der Waals surface area contributed by atoms with E-state index in [0.29, 0.717) is 30.1 Å². The van der Waals surface area contributed by atoms with E-state index in [9.17, 15) is 14.7 Å². The van der Waals surface area contributed by atoms with Gasteiger partial charge in [-0.25, -0.2) is 4.79 Å². The van der Waals surface area contributed by atoms with Crippen LogP contribution in [0.3, 0.4) is 0 Å². The number of rotatable bonds is 10. The Balaban J connectivity index is 1.80. The first-order valence-electron chi connectivity index (χ1n) is 11.3. The molecule has 0 radical (unpaired) electrons. The van der Waals surface area contributed by atoms with Crippen molar-refractivity contribution in [2.75, 3.05) is 21.3 Å². The van der Waals surface area contributed by atoms with Gasteiger partial charge in [0.1, 0.15) is 24.7 Å². The van der Waals surface area contributed by atoms with Gasteiger partial charge in [-0.1, -0.05) is 48.3 Å². The number of nitrogens with one attached hydrogen (secondary N) is 1. The molecule has 2 aromatic rings. The fourth-order valence-corrected chi connectivity index (χ4v) is 4.63. The molecule has 0 bridgehead atoms. The molecule has 0 aliphatic heterocycles. The van der Waals surface area contributed by atoms with E-state index in [4.69, 9.17) is 14.3 Å². The molecule has 0 spiro atoms. The van der Waals surface area contributed by atoms with Gasteiger partial charge in [0.05, 0.1) is 30.9 Å². The molecule has 3 rings (SSSR count). The third kappa shape index (κ3) is 5.16. The molecule has 0 saturated heterocycles. The van der Waals surface area contributed by atoms with Crippen LogP contribution in [0.2, 0.25) is 0 Å². The number of benzene rings is 2. The first-order valence-corrected chi connectivity index (χ1v) is 11.3. The molecule has 8 heteroatoms. The van der Waals surface area contributed by atoms with E-state index in [2.05, 4.69) is 10.5 Å². The van der Waals surface area contributed by atoms with Crippen molar-refractivity contribution in [1.29, 1.82) is 0 Å². The second kappa shape index (κ2) is 11.0. The number of ether oxygens (including phenoxy) is 2. The number of aliphatic carboxylic acids is 1. The minimum absolute atomic E-state index is 0.154. The van der Waals surface area contributed by atoms with Gasteiger partial charge in [0.25, 0.3) is 0 Å². The zero-order chi connectivity index (χ0) is 24.7. The van der Waals surface area contributed by atoms with Gasteiger partial charge in [0, 0.05) is 6.42 Å². The van der Waals surface area contributed by atoms with Gasteiger partial charge in [0.15, 0.2) is 0 Å². The molecule has 8 nitrogen and oxygen atoms in total. The van der Waals surface area contributed by atoms with E-state index in [0.717, 1.165) is 29.5 Å². The van der Waals surface area contributed by atoms with Gasteiger partial charge < -0.3 is 24.7 Å². The van der Waals surface area contributed by atoms with Crippen LogP contribution < -0.4 is 14.8 Å². The summed E-state index contributed by atoms with van der Waals surface area (Å²) < 4.78 is 11.0. The molecule has 0 heterocycles. The fourth-order valence-electron chi connectivity index (χ4n) is 4.63. The summed E-state index contributed by atoms with van der Waals surface area (Å²) in [6, 6.07) is 12.0. The maximum atomic E-state index is 13.2. The molecule has 1 aliphatic carbocycles. The molecule has 34 heavy (non-hydrogen) atoms. The van der Waals surface area contributed by atoms with Crippen LogP contribution in [-0.2, 0) is 20.8 Å². The number of amides is 1. The number of carbonyl (C=O) groups is 2. The summed E-state index contributed by atoms with van der Waals surface area (Å²) in [4.78, 5) is 30.1. The highest BCUT2D eigenvalue weighted by atomic mass is 16.6. The molecule has 182 valence electrons. The number of nitrogens with zero attached hydrogens (tertiary/aromatic N) is 1. The molecule has 1 fully saturated rings. The standard InChI is InChI=1S/C26H32N2O6/c1-17(28-34-4)26(14-5-6-15-26)25(31)27-20(24(29)30)16-18-10-12-19(13-11-18)23-21(32-2)8-7-9-22(23)33-3/h7-13,20H,5-6,14-16H2,1-4H3,(H,27,31)(H,29,30)/t20-/m0/s1. The summed E-state index contributed by atoms with van der Waals surface area (Å²) in [5.74, 6) is -0.0418. The number of hydrogen-bond donors (Lipinski definition) is 2. The third-order valence-electron chi connectivity index (χ3n) is 6.53. The van der Waals surface area contributed by atoms with Gasteiger partial charge >= 0.3 is 5.97 Å². The molecule has 0 aromatic heterocycles. The lowest BCUT2D eigenvalue weighted by molar-refractivity contribution is -0.143. The molecule has 1 saturated carbocycles. The largest absolute Gasteiger partial charge is 0.496 e. The highest BCUT2D eigenvalue weighted by Crippen LogP contribution is 2.40. The van der Waals surface area contributed by atoms with Gasteiger partial charge in [-0.2, -0.15) is 0 Å². The van der Waals surface area contributed by atoms with Gasteiger partial charge in [-0.3, -0.25) is 4.79 Å². The van der Waals surface area contributed by atoms with E-state index in [-0.39, 0.29) is 12.3 Å². The van der Waals surface area contributed by atoms with Crippen molar-refractivity contribution in [3.63, 3.8) is 0 Å². The average Bonchev–Trinajstić information content (AvgIpc) is 3.35. The fraction of sp³-hybridized carbons (Fsp3) is 0.423. The first-order chi connectivity index (χ1) is 16.4. The molecule has 0 unspecified atom stereocenters. The maximum Gasteiger partial charge on any atom is 0.326 e. The predicted octanol–water partition coefficient (Wildman–Crippen LogP) is 4.07. The SMILES string of the molecule is CON=C(C)C1(C(=O)N[C@@H](Cc2ccc(-c3c(OC)cccc3OC)cc2)C(=O)O)CCCC1. The van der Waals surface area contributed by atoms with Crippen molar-refractivity contribution in [2.24, 2.45) is 10.6 Å². The number of carboxylic acid groups (broad SMARTS) is 1. The zero-order valence-electron chi connectivity index (χ0n) is 20.1. The van der Waals surface area contributed by atoms with E-state index in [1.807, 2.05) is 42.5 Å². The Morgan fingerprint density at radius 1 is 1.03 bits per heavy atom. The summed E-state index contributed by atoms with van der Waals surface area (Å²) >= 11 is 0. The lowest BCUT2D eigenvalue weighted by Gasteiger charge is -2.29. The van der Waals surface area contributed by atoms with E-state index < -0.39 is 17.4 Å². The number of hydrogen-bond acceptors (Lipinski definition) is 6. The minimum Gasteiger partial charge on any atom is -0.496 e. The molecule has 1 amide bonds. The Labute approximate surface area is 199 Å². The van der Waals surface area contributed by atoms with Crippen molar-refractivity contribution >= 4 is 17.6 Å². The highest BCUT2D eigenvalue weighted by molar-refractivity contribution is 6.08. The second-order valence-corrected chi connectivity index (χ2v) is 8.45. The second-order valence-electron chi connectivity index (χ2n) is 8.45. The Kier molecular flexibility index (Phi) is 8.15.